The van der Waals surface area contributed by atoms with E-state index in [0.29, 0.717) is 22.8 Å². The molecule has 0 aromatic heterocycles. The summed E-state index contributed by atoms with van der Waals surface area (Å²) >= 11 is 5.60. The lowest BCUT2D eigenvalue weighted by atomic mass is 9.63. The normalized spacial score (nSPS) is 25.1. The zero-order valence-electron chi connectivity index (χ0n) is 11.1. The fourth-order valence-electron chi connectivity index (χ4n) is 3.37. The molecule has 1 nitrogen and oxygen atoms in total. The van der Waals surface area contributed by atoms with Gasteiger partial charge in [0.05, 0.1) is 0 Å². The second-order valence-corrected chi connectivity index (χ2v) is 6.95. The summed E-state index contributed by atoms with van der Waals surface area (Å²) in [5, 5.41) is 3.62. The average molecular weight is 244 g/mol. The first-order valence-corrected chi connectivity index (χ1v) is 6.82. The molecule has 0 amide bonds. The standard InChI is InChI=1S/C14H26ClN/c1-13(2)9-12(10-14(3,4)11-13)16-8-6-5-7-15/h5-6,12,16H,7-11H2,1-4H3/b6-5+. The lowest BCUT2D eigenvalue weighted by molar-refractivity contribution is 0.0866. The molecule has 1 aliphatic rings. The third-order valence-electron chi connectivity index (χ3n) is 3.34. The van der Waals surface area contributed by atoms with Gasteiger partial charge in [0.1, 0.15) is 0 Å². The Kier molecular flexibility index (Phi) is 4.88. The van der Waals surface area contributed by atoms with Crippen LogP contribution in [0.15, 0.2) is 12.2 Å². The van der Waals surface area contributed by atoms with Crippen LogP contribution in [-0.4, -0.2) is 18.5 Å². The molecule has 0 unspecified atom stereocenters. The monoisotopic (exact) mass is 243 g/mol. The van der Waals surface area contributed by atoms with E-state index in [9.17, 15) is 0 Å². The van der Waals surface area contributed by atoms with Gasteiger partial charge < -0.3 is 5.32 Å². The quantitative estimate of drug-likeness (QED) is 0.582. The Hall–Kier alpha value is -0.0100. The fraction of sp³-hybridized carbons (Fsp3) is 0.857. The molecule has 1 saturated carbocycles. The first-order chi connectivity index (χ1) is 7.35. The van der Waals surface area contributed by atoms with Crippen LogP contribution in [0.5, 0.6) is 0 Å². The number of nitrogens with one attached hydrogen (secondary N) is 1. The molecule has 1 N–H and O–H groups in total. The third-order valence-corrected chi connectivity index (χ3v) is 3.51. The molecule has 16 heavy (non-hydrogen) atoms. The van der Waals surface area contributed by atoms with Gasteiger partial charge in [-0.1, -0.05) is 39.8 Å². The van der Waals surface area contributed by atoms with Gasteiger partial charge in [0, 0.05) is 18.5 Å². The lowest BCUT2D eigenvalue weighted by Crippen LogP contribution is -2.43. The zero-order valence-corrected chi connectivity index (χ0v) is 11.9. The predicted molar refractivity (Wildman–Crippen MR) is 73.1 cm³/mol. The summed E-state index contributed by atoms with van der Waals surface area (Å²) in [5.74, 6) is 0.614. The molecule has 2 heteroatoms. The summed E-state index contributed by atoms with van der Waals surface area (Å²) in [5.41, 5.74) is 0.936. The van der Waals surface area contributed by atoms with Gasteiger partial charge >= 0.3 is 0 Å². The van der Waals surface area contributed by atoms with Crippen LogP contribution in [-0.2, 0) is 0 Å². The van der Waals surface area contributed by atoms with Crippen molar-refractivity contribution in [3.8, 4) is 0 Å². The maximum absolute atomic E-state index is 5.60. The van der Waals surface area contributed by atoms with E-state index in [1.165, 1.54) is 19.3 Å². The average Bonchev–Trinajstić information content (AvgIpc) is 2.07. The number of hydrogen-bond acceptors (Lipinski definition) is 1. The van der Waals surface area contributed by atoms with Crippen LogP contribution in [0.1, 0.15) is 47.0 Å². The minimum absolute atomic E-state index is 0.468. The van der Waals surface area contributed by atoms with E-state index in [4.69, 9.17) is 11.6 Å². The van der Waals surface area contributed by atoms with E-state index >= 15 is 0 Å². The maximum Gasteiger partial charge on any atom is 0.0404 e. The summed E-state index contributed by atoms with van der Waals surface area (Å²) in [6.45, 7) is 10.5. The van der Waals surface area contributed by atoms with Crippen LogP contribution in [0.2, 0.25) is 0 Å². The van der Waals surface area contributed by atoms with Gasteiger partial charge in [0.15, 0.2) is 0 Å². The van der Waals surface area contributed by atoms with Gasteiger partial charge in [-0.2, -0.15) is 0 Å². The van der Waals surface area contributed by atoms with Crippen LogP contribution < -0.4 is 5.32 Å². The number of halogens is 1. The first-order valence-electron chi connectivity index (χ1n) is 6.29. The Morgan fingerprint density at radius 2 is 1.69 bits per heavy atom. The Bertz CT molecular complexity index is 227. The van der Waals surface area contributed by atoms with Crippen LogP contribution >= 0.6 is 11.6 Å². The Balaban J connectivity index is 2.45. The molecule has 0 aliphatic heterocycles. The minimum Gasteiger partial charge on any atom is -0.310 e. The van der Waals surface area contributed by atoms with E-state index in [-0.39, 0.29) is 0 Å². The smallest absolute Gasteiger partial charge is 0.0404 e. The van der Waals surface area contributed by atoms with Gasteiger partial charge in [-0.15, -0.1) is 11.6 Å². The Morgan fingerprint density at radius 3 is 2.19 bits per heavy atom. The molecule has 0 aromatic rings. The molecular weight excluding hydrogens is 218 g/mol. The van der Waals surface area contributed by atoms with Crippen molar-refractivity contribution >= 4 is 11.6 Å². The molecule has 1 fully saturated rings. The van der Waals surface area contributed by atoms with Crippen molar-refractivity contribution in [3.63, 3.8) is 0 Å². The molecule has 0 spiro atoms. The van der Waals surface area contributed by atoms with Crippen LogP contribution in [0, 0.1) is 10.8 Å². The molecule has 1 rings (SSSR count). The SMILES string of the molecule is CC1(C)CC(NC/C=C/CCl)CC(C)(C)C1. The summed E-state index contributed by atoms with van der Waals surface area (Å²) in [7, 11) is 0. The van der Waals surface area contributed by atoms with Gasteiger partial charge in [0.2, 0.25) is 0 Å². The predicted octanol–water partition coefficient (Wildman–Crippen LogP) is 3.98. The van der Waals surface area contributed by atoms with Crippen molar-refractivity contribution in [1.29, 1.82) is 0 Å². The van der Waals surface area contributed by atoms with E-state index < -0.39 is 0 Å². The second-order valence-electron chi connectivity index (χ2n) is 6.64. The number of allylic oxidation sites excluding steroid dienone is 1. The highest BCUT2D eigenvalue weighted by Gasteiger charge is 2.37. The third kappa shape index (κ3) is 4.88. The molecule has 94 valence electrons. The van der Waals surface area contributed by atoms with Crippen LogP contribution in [0.25, 0.3) is 0 Å². The lowest BCUT2D eigenvalue weighted by Gasteiger charge is -2.45. The topological polar surface area (TPSA) is 12.0 Å². The molecule has 0 saturated heterocycles. The molecule has 0 heterocycles. The zero-order chi connectivity index (χ0) is 12.2. The van der Waals surface area contributed by atoms with Crippen molar-refractivity contribution in [2.24, 2.45) is 10.8 Å². The van der Waals surface area contributed by atoms with Crippen LogP contribution in [0.4, 0.5) is 0 Å². The summed E-state index contributed by atoms with van der Waals surface area (Å²) < 4.78 is 0. The van der Waals surface area contributed by atoms with Gasteiger partial charge in [-0.3, -0.25) is 0 Å². The molecule has 0 bridgehead atoms. The fourth-order valence-corrected chi connectivity index (χ4v) is 3.50. The van der Waals surface area contributed by atoms with E-state index in [2.05, 4.69) is 39.1 Å². The first kappa shape index (κ1) is 14.1. The number of hydrogen-bond donors (Lipinski definition) is 1. The minimum atomic E-state index is 0.468. The van der Waals surface area contributed by atoms with E-state index in [0.717, 1.165) is 6.54 Å². The van der Waals surface area contributed by atoms with Gasteiger partial charge in [-0.05, 0) is 30.1 Å². The van der Waals surface area contributed by atoms with Crippen molar-refractivity contribution in [2.75, 3.05) is 12.4 Å². The number of rotatable bonds is 4. The van der Waals surface area contributed by atoms with Crippen molar-refractivity contribution in [1.82, 2.24) is 5.32 Å². The highest BCUT2D eigenvalue weighted by Crippen LogP contribution is 2.45. The van der Waals surface area contributed by atoms with Gasteiger partial charge in [-0.25, -0.2) is 0 Å². The molecule has 0 radical (unpaired) electrons. The van der Waals surface area contributed by atoms with Crippen LogP contribution in [0.3, 0.4) is 0 Å². The Labute approximate surface area is 106 Å². The summed E-state index contributed by atoms with van der Waals surface area (Å²) in [6.07, 6.45) is 8.03. The highest BCUT2D eigenvalue weighted by molar-refractivity contribution is 6.18. The largest absolute Gasteiger partial charge is 0.310 e. The van der Waals surface area contributed by atoms with E-state index in [1.54, 1.807) is 0 Å². The second kappa shape index (κ2) is 5.55. The van der Waals surface area contributed by atoms with Gasteiger partial charge in [0.25, 0.3) is 0 Å². The summed E-state index contributed by atoms with van der Waals surface area (Å²) in [4.78, 5) is 0. The Morgan fingerprint density at radius 1 is 1.12 bits per heavy atom. The number of alkyl halides is 1. The maximum atomic E-state index is 5.60. The van der Waals surface area contributed by atoms with Crippen molar-refractivity contribution in [2.45, 2.75) is 53.0 Å². The molecule has 0 aromatic carbocycles. The molecule has 1 aliphatic carbocycles. The van der Waals surface area contributed by atoms with E-state index in [1.807, 2.05) is 6.08 Å². The molecule has 0 atom stereocenters. The van der Waals surface area contributed by atoms with Crippen molar-refractivity contribution < 1.29 is 0 Å². The molecular formula is C14H26ClN. The van der Waals surface area contributed by atoms with Crippen molar-refractivity contribution in [3.05, 3.63) is 12.2 Å². The summed E-state index contributed by atoms with van der Waals surface area (Å²) in [6, 6.07) is 0.652. The highest BCUT2D eigenvalue weighted by atomic mass is 35.5.